The van der Waals surface area contributed by atoms with Crippen LogP contribution < -0.4 is 10.2 Å². The Kier molecular flexibility index (Phi) is 7.04. The Morgan fingerprint density at radius 3 is 2.60 bits per heavy atom. The molecule has 2 aliphatic heterocycles. The summed E-state index contributed by atoms with van der Waals surface area (Å²) >= 11 is 6.13. The Hall–Kier alpha value is -3.32. The van der Waals surface area contributed by atoms with Gasteiger partial charge in [0, 0.05) is 61.6 Å². The highest BCUT2D eigenvalue weighted by Crippen LogP contribution is 2.28. The van der Waals surface area contributed by atoms with E-state index in [0.717, 1.165) is 41.5 Å². The highest BCUT2D eigenvalue weighted by Gasteiger charge is 2.30. The number of hydrogen-bond donors (Lipinski definition) is 1. The molecule has 2 aromatic carbocycles. The predicted molar refractivity (Wildman–Crippen MR) is 139 cm³/mol. The molecule has 3 amide bonds. The largest absolute Gasteiger partial charge is 0.367 e. The van der Waals surface area contributed by atoms with Crippen LogP contribution >= 0.6 is 11.6 Å². The Bertz CT molecular complexity index is 1200. The molecule has 0 radical (unpaired) electrons. The second-order valence-corrected chi connectivity index (χ2v) is 9.65. The fourth-order valence-electron chi connectivity index (χ4n) is 4.97. The molecule has 1 N–H and O–H groups in total. The number of anilines is 1. The number of pyridine rings is 1. The van der Waals surface area contributed by atoms with E-state index in [2.05, 4.69) is 15.2 Å². The third-order valence-corrected chi connectivity index (χ3v) is 7.12. The summed E-state index contributed by atoms with van der Waals surface area (Å²) in [6, 6.07) is 17.1. The standard InChI is InChI=1S/C27H30ClN5O2/c28-21-9-10-22-24(18-21)29-12-11-25(22)31-14-16-32(17-15-31)27(35)30-23-8-4-5-13-33(26(23)34)19-20-6-2-1-3-7-20/h1-3,6-7,9-12,18,23H,4-5,8,13-17,19H2,(H,30,35). The lowest BCUT2D eigenvalue weighted by Crippen LogP contribution is -2.56. The second kappa shape index (κ2) is 10.5. The van der Waals surface area contributed by atoms with Gasteiger partial charge in [0.1, 0.15) is 6.04 Å². The minimum Gasteiger partial charge on any atom is -0.367 e. The average molecular weight is 492 g/mol. The topological polar surface area (TPSA) is 68.8 Å². The number of hydrogen-bond acceptors (Lipinski definition) is 4. The summed E-state index contributed by atoms with van der Waals surface area (Å²) in [5.41, 5.74) is 3.07. The van der Waals surface area contributed by atoms with Gasteiger partial charge < -0.3 is 20.0 Å². The molecule has 0 spiro atoms. The van der Waals surface area contributed by atoms with Gasteiger partial charge in [0.25, 0.3) is 0 Å². The van der Waals surface area contributed by atoms with Gasteiger partial charge in [0.2, 0.25) is 5.91 Å². The smallest absolute Gasteiger partial charge is 0.318 e. The number of amides is 3. The lowest BCUT2D eigenvalue weighted by Gasteiger charge is -2.37. The molecule has 0 aliphatic carbocycles. The normalized spacial score (nSPS) is 19.1. The van der Waals surface area contributed by atoms with Gasteiger partial charge in [0.05, 0.1) is 5.52 Å². The monoisotopic (exact) mass is 491 g/mol. The van der Waals surface area contributed by atoms with E-state index in [9.17, 15) is 9.59 Å². The maximum Gasteiger partial charge on any atom is 0.318 e. The van der Waals surface area contributed by atoms with Gasteiger partial charge in [0.15, 0.2) is 0 Å². The summed E-state index contributed by atoms with van der Waals surface area (Å²) in [6.07, 6.45) is 4.36. The van der Waals surface area contributed by atoms with Gasteiger partial charge in [-0.3, -0.25) is 9.78 Å². The van der Waals surface area contributed by atoms with Crippen molar-refractivity contribution in [2.75, 3.05) is 37.6 Å². The highest BCUT2D eigenvalue weighted by atomic mass is 35.5. The molecule has 35 heavy (non-hydrogen) atoms. The highest BCUT2D eigenvalue weighted by molar-refractivity contribution is 6.31. The molecule has 1 aromatic heterocycles. The minimum atomic E-state index is -0.472. The molecule has 8 heteroatoms. The van der Waals surface area contributed by atoms with Crippen LogP contribution in [0.5, 0.6) is 0 Å². The molecule has 1 atom stereocenters. The van der Waals surface area contributed by atoms with Crippen molar-refractivity contribution in [1.82, 2.24) is 20.1 Å². The zero-order valence-corrected chi connectivity index (χ0v) is 20.5. The van der Waals surface area contributed by atoms with Crippen molar-refractivity contribution in [1.29, 1.82) is 0 Å². The van der Waals surface area contributed by atoms with E-state index < -0.39 is 6.04 Å². The first-order valence-electron chi connectivity index (χ1n) is 12.3. The summed E-state index contributed by atoms with van der Waals surface area (Å²) in [6.45, 7) is 3.93. The number of fused-ring (bicyclic) bond motifs is 1. The number of urea groups is 1. The lowest BCUT2D eigenvalue weighted by atomic mass is 10.1. The van der Waals surface area contributed by atoms with Crippen LogP contribution in [-0.2, 0) is 11.3 Å². The van der Waals surface area contributed by atoms with E-state index in [4.69, 9.17) is 11.6 Å². The van der Waals surface area contributed by atoms with E-state index in [1.54, 1.807) is 6.20 Å². The summed E-state index contributed by atoms with van der Waals surface area (Å²) in [5, 5.41) is 4.76. The average Bonchev–Trinajstić information content (AvgIpc) is 3.05. The number of nitrogens with one attached hydrogen (secondary N) is 1. The van der Waals surface area contributed by atoms with Crippen molar-refractivity contribution in [3.05, 3.63) is 71.4 Å². The van der Waals surface area contributed by atoms with Crippen molar-refractivity contribution in [3.8, 4) is 0 Å². The fourth-order valence-corrected chi connectivity index (χ4v) is 5.14. The first-order valence-corrected chi connectivity index (χ1v) is 12.6. The number of aromatic nitrogens is 1. The molecular weight excluding hydrogens is 462 g/mol. The molecule has 5 rings (SSSR count). The van der Waals surface area contributed by atoms with Crippen molar-refractivity contribution in [2.45, 2.75) is 31.8 Å². The van der Waals surface area contributed by atoms with Crippen LogP contribution in [0.1, 0.15) is 24.8 Å². The van der Waals surface area contributed by atoms with Crippen LogP contribution in [-0.4, -0.2) is 65.5 Å². The van der Waals surface area contributed by atoms with Gasteiger partial charge in [-0.1, -0.05) is 41.9 Å². The van der Waals surface area contributed by atoms with Crippen LogP contribution in [0.15, 0.2) is 60.8 Å². The summed E-state index contributed by atoms with van der Waals surface area (Å²) in [5.74, 6) is 0.0141. The maximum absolute atomic E-state index is 13.2. The molecule has 0 saturated carbocycles. The maximum atomic E-state index is 13.2. The SMILES string of the molecule is O=C(NC1CCCCN(Cc2ccccc2)C1=O)N1CCN(c2ccnc3cc(Cl)ccc23)CC1. The summed E-state index contributed by atoms with van der Waals surface area (Å²) < 4.78 is 0. The first-order chi connectivity index (χ1) is 17.1. The number of likely N-dealkylation sites (tertiary alicyclic amines) is 1. The van der Waals surface area contributed by atoms with Gasteiger partial charge in [-0.25, -0.2) is 4.79 Å². The molecule has 2 aliphatic rings. The van der Waals surface area contributed by atoms with Crippen molar-refractivity contribution < 1.29 is 9.59 Å². The molecule has 1 unspecified atom stereocenters. The molecule has 0 bridgehead atoms. The predicted octanol–water partition coefficient (Wildman–Crippen LogP) is 4.30. The third kappa shape index (κ3) is 5.35. The number of benzene rings is 2. The van der Waals surface area contributed by atoms with E-state index >= 15 is 0 Å². The Balaban J connectivity index is 1.20. The Morgan fingerprint density at radius 1 is 1.00 bits per heavy atom. The molecule has 3 aromatic rings. The van der Waals surface area contributed by atoms with Crippen LogP contribution in [0, 0.1) is 0 Å². The number of rotatable bonds is 4. The van der Waals surface area contributed by atoms with Crippen molar-refractivity contribution in [2.24, 2.45) is 0 Å². The van der Waals surface area contributed by atoms with Crippen molar-refractivity contribution >= 4 is 40.1 Å². The molecule has 2 saturated heterocycles. The molecule has 3 heterocycles. The lowest BCUT2D eigenvalue weighted by molar-refractivity contribution is -0.133. The van der Waals surface area contributed by atoms with Crippen LogP contribution in [0.2, 0.25) is 5.02 Å². The van der Waals surface area contributed by atoms with Crippen molar-refractivity contribution in [3.63, 3.8) is 0 Å². The quantitative estimate of drug-likeness (QED) is 0.590. The number of piperazine rings is 1. The third-order valence-electron chi connectivity index (χ3n) is 6.88. The zero-order chi connectivity index (χ0) is 24.2. The zero-order valence-electron chi connectivity index (χ0n) is 19.7. The van der Waals surface area contributed by atoms with E-state index in [1.165, 1.54) is 0 Å². The molecule has 7 nitrogen and oxygen atoms in total. The van der Waals surface area contributed by atoms with Gasteiger partial charge in [-0.15, -0.1) is 0 Å². The van der Waals surface area contributed by atoms with E-state index in [0.29, 0.717) is 44.2 Å². The minimum absolute atomic E-state index is 0.0141. The van der Waals surface area contributed by atoms with Crippen LogP contribution in [0.25, 0.3) is 10.9 Å². The van der Waals surface area contributed by atoms with Gasteiger partial charge in [-0.05, 0) is 49.1 Å². The van der Waals surface area contributed by atoms with Gasteiger partial charge >= 0.3 is 6.03 Å². The summed E-state index contributed by atoms with van der Waals surface area (Å²) in [7, 11) is 0. The number of nitrogens with zero attached hydrogens (tertiary/aromatic N) is 4. The Morgan fingerprint density at radius 2 is 1.80 bits per heavy atom. The molecule has 2 fully saturated rings. The molecular formula is C27H30ClN5O2. The fraction of sp³-hybridized carbons (Fsp3) is 0.370. The van der Waals surface area contributed by atoms with Crippen LogP contribution in [0.4, 0.5) is 10.5 Å². The first kappa shape index (κ1) is 23.4. The van der Waals surface area contributed by atoms with E-state index in [1.807, 2.05) is 64.4 Å². The number of carbonyl (C=O) groups excluding carboxylic acids is 2. The van der Waals surface area contributed by atoms with Crippen LogP contribution in [0.3, 0.4) is 0 Å². The Labute approximate surface area is 210 Å². The summed E-state index contributed by atoms with van der Waals surface area (Å²) in [4.78, 5) is 36.7. The number of halogens is 1. The molecule has 182 valence electrons. The van der Waals surface area contributed by atoms with E-state index in [-0.39, 0.29) is 11.9 Å². The second-order valence-electron chi connectivity index (χ2n) is 9.21. The van der Waals surface area contributed by atoms with Gasteiger partial charge in [-0.2, -0.15) is 0 Å². The number of carbonyl (C=O) groups is 2.